The van der Waals surface area contributed by atoms with Gasteiger partial charge in [-0.1, -0.05) is 11.2 Å². The van der Waals surface area contributed by atoms with Gasteiger partial charge in [0.1, 0.15) is 0 Å². The minimum Gasteiger partial charge on any atom is -0.237 e. The van der Waals surface area contributed by atoms with Crippen LogP contribution in [-0.2, 0) is 0 Å². The Hall–Kier alpha value is -1.87. The first-order valence-corrected chi connectivity index (χ1v) is 3.88. The van der Waals surface area contributed by atoms with E-state index in [-0.39, 0.29) is 0 Å². The average molecular weight is 175 g/mol. The first kappa shape index (κ1) is 9.22. The molecule has 13 heavy (non-hydrogen) atoms. The fourth-order valence-electron chi connectivity index (χ4n) is 0.762. The predicted molar refractivity (Wildman–Crippen MR) is 49.7 cm³/mol. The number of aromatic nitrogens is 2. The molecular formula is C8H9N5. The molecule has 0 aliphatic carbocycles. The first-order valence-electron chi connectivity index (χ1n) is 3.88. The van der Waals surface area contributed by atoms with Crippen molar-refractivity contribution in [2.24, 2.45) is 5.11 Å². The molecule has 0 aromatic carbocycles. The number of hydrogen-bond acceptors (Lipinski definition) is 3. The fourth-order valence-corrected chi connectivity index (χ4v) is 0.762. The number of nitrogens with zero attached hydrogens (tertiary/aromatic N) is 5. The fraction of sp³-hybridized carbons (Fsp3) is 0.250. The summed E-state index contributed by atoms with van der Waals surface area (Å²) >= 11 is 0. The molecule has 66 valence electrons. The molecule has 5 nitrogen and oxygen atoms in total. The third-order valence-corrected chi connectivity index (χ3v) is 1.31. The van der Waals surface area contributed by atoms with E-state index in [2.05, 4.69) is 20.0 Å². The van der Waals surface area contributed by atoms with Gasteiger partial charge in [0.15, 0.2) is 5.82 Å². The van der Waals surface area contributed by atoms with Crippen molar-refractivity contribution in [2.45, 2.75) is 6.42 Å². The molecule has 0 atom stereocenters. The van der Waals surface area contributed by atoms with E-state index in [1.54, 1.807) is 24.5 Å². The van der Waals surface area contributed by atoms with Crippen LogP contribution in [0.4, 0.5) is 0 Å². The molecule has 0 saturated carbocycles. The van der Waals surface area contributed by atoms with Gasteiger partial charge in [0.05, 0.1) is 0 Å². The normalized spacial score (nSPS) is 9.85. The van der Waals surface area contributed by atoms with Crippen molar-refractivity contribution in [1.29, 1.82) is 0 Å². The standard InChI is InChI=1S/C8H9N5/c9-13-12-7-2-1-4-8-10-5-3-6-11-8/h1,3-6H,2,7H2. The average Bonchev–Trinajstić information content (AvgIpc) is 2.19. The minimum atomic E-state index is 0.472. The van der Waals surface area contributed by atoms with Gasteiger partial charge in [-0.15, -0.1) is 0 Å². The molecule has 0 unspecified atom stereocenters. The molecule has 0 bridgehead atoms. The summed E-state index contributed by atoms with van der Waals surface area (Å²) in [4.78, 5) is 10.6. The Kier molecular flexibility index (Phi) is 4.07. The van der Waals surface area contributed by atoms with Crippen LogP contribution < -0.4 is 0 Å². The number of rotatable bonds is 4. The summed E-state index contributed by atoms with van der Waals surface area (Å²) in [5.41, 5.74) is 7.99. The molecule has 1 aromatic rings. The summed E-state index contributed by atoms with van der Waals surface area (Å²) in [7, 11) is 0. The molecule has 1 aromatic heterocycles. The minimum absolute atomic E-state index is 0.472. The van der Waals surface area contributed by atoms with Gasteiger partial charge in [-0.3, -0.25) is 0 Å². The van der Waals surface area contributed by atoms with Crippen molar-refractivity contribution in [3.05, 3.63) is 40.8 Å². The Balaban J connectivity index is 2.36. The van der Waals surface area contributed by atoms with Crippen molar-refractivity contribution in [3.63, 3.8) is 0 Å². The second-order valence-electron chi connectivity index (χ2n) is 2.25. The van der Waals surface area contributed by atoms with Crippen LogP contribution in [0, 0.1) is 0 Å². The van der Waals surface area contributed by atoms with Gasteiger partial charge in [-0.2, -0.15) is 0 Å². The van der Waals surface area contributed by atoms with Crippen molar-refractivity contribution < 1.29 is 0 Å². The van der Waals surface area contributed by atoms with Crippen molar-refractivity contribution in [3.8, 4) is 0 Å². The molecule has 0 fully saturated rings. The lowest BCUT2D eigenvalue weighted by Crippen LogP contribution is -1.83. The molecule has 0 radical (unpaired) electrons. The van der Waals surface area contributed by atoms with Gasteiger partial charge < -0.3 is 0 Å². The Morgan fingerprint density at radius 2 is 2.23 bits per heavy atom. The molecule has 1 heterocycles. The maximum absolute atomic E-state index is 7.99. The highest BCUT2D eigenvalue weighted by Gasteiger charge is 1.84. The third-order valence-electron chi connectivity index (χ3n) is 1.31. The second kappa shape index (κ2) is 5.74. The number of hydrogen-bond donors (Lipinski definition) is 0. The first-order chi connectivity index (χ1) is 6.43. The lowest BCUT2D eigenvalue weighted by Gasteiger charge is -1.88. The number of azide groups is 1. The van der Waals surface area contributed by atoms with Gasteiger partial charge in [0.25, 0.3) is 0 Å². The van der Waals surface area contributed by atoms with E-state index in [0.717, 1.165) is 0 Å². The van der Waals surface area contributed by atoms with Crippen molar-refractivity contribution in [1.82, 2.24) is 9.97 Å². The van der Waals surface area contributed by atoms with Crippen LogP contribution in [0.1, 0.15) is 12.2 Å². The molecule has 0 saturated heterocycles. The Morgan fingerprint density at radius 3 is 2.92 bits per heavy atom. The highest BCUT2D eigenvalue weighted by Crippen LogP contribution is 1.93. The molecule has 0 spiro atoms. The van der Waals surface area contributed by atoms with E-state index in [9.17, 15) is 0 Å². The highest BCUT2D eigenvalue weighted by molar-refractivity contribution is 5.38. The summed E-state index contributed by atoms with van der Waals surface area (Å²) in [6.07, 6.45) is 7.75. The van der Waals surface area contributed by atoms with Crippen LogP contribution in [0.5, 0.6) is 0 Å². The molecular weight excluding hydrogens is 166 g/mol. The predicted octanol–water partition coefficient (Wildman–Crippen LogP) is 2.19. The molecule has 0 aliphatic heterocycles. The molecule has 0 aliphatic rings. The van der Waals surface area contributed by atoms with Crippen molar-refractivity contribution in [2.75, 3.05) is 6.54 Å². The van der Waals surface area contributed by atoms with Crippen LogP contribution in [-0.4, -0.2) is 16.5 Å². The summed E-state index contributed by atoms with van der Waals surface area (Å²) in [5.74, 6) is 0.670. The molecule has 1 rings (SSSR count). The van der Waals surface area contributed by atoms with E-state index in [1.165, 1.54) is 0 Å². The lowest BCUT2D eigenvalue weighted by molar-refractivity contribution is 0.993. The largest absolute Gasteiger partial charge is 0.237 e. The summed E-state index contributed by atoms with van der Waals surface area (Å²) < 4.78 is 0. The quantitative estimate of drug-likeness (QED) is 0.304. The molecule has 0 amide bonds. The van der Waals surface area contributed by atoms with Gasteiger partial charge in [-0.25, -0.2) is 9.97 Å². The lowest BCUT2D eigenvalue weighted by atomic mass is 10.3. The SMILES string of the molecule is [N-]=[N+]=NCCC=Cc1ncccn1. The maximum atomic E-state index is 7.99. The van der Waals surface area contributed by atoms with Crippen LogP contribution in [0.25, 0.3) is 16.5 Å². The molecule has 0 N–H and O–H groups in total. The third kappa shape index (κ3) is 3.88. The maximum Gasteiger partial charge on any atom is 0.151 e. The van der Waals surface area contributed by atoms with Crippen LogP contribution in [0.3, 0.4) is 0 Å². The van der Waals surface area contributed by atoms with Crippen LogP contribution in [0.15, 0.2) is 29.7 Å². The zero-order valence-corrected chi connectivity index (χ0v) is 7.04. The van der Waals surface area contributed by atoms with Gasteiger partial charge >= 0.3 is 0 Å². The summed E-state index contributed by atoms with van der Waals surface area (Å²) in [5, 5.41) is 3.39. The topological polar surface area (TPSA) is 74.5 Å². The molecule has 5 heteroatoms. The van der Waals surface area contributed by atoms with E-state index >= 15 is 0 Å². The van der Waals surface area contributed by atoms with Gasteiger partial charge in [0.2, 0.25) is 0 Å². The zero-order valence-electron chi connectivity index (χ0n) is 7.04. The van der Waals surface area contributed by atoms with E-state index in [4.69, 9.17) is 5.53 Å². The Labute approximate surface area is 75.8 Å². The summed E-state index contributed by atoms with van der Waals surface area (Å²) in [6.45, 7) is 0.472. The van der Waals surface area contributed by atoms with Gasteiger partial charge in [-0.05, 0) is 24.1 Å². The summed E-state index contributed by atoms with van der Waals surface area (Å²) in [6, 6.07) is 1.76. The van der Waals surface area contributed by atoms with E-state index < -0.39 is 0 Å². The monoisotopic (exact) mass is 175 g/mol. The van der Waals surface area contributed by atoms with Gasteiger partial charge in [0, 0.05) is 23.9 Å². The van der Waals surface area contributed by atoms with Crippen LogP contribution >= 0.6 is 0 Å². The second-order valence-corrected chi connectivity index (χ2v) is 2.25. The Morgan fingerprint density at radius 1 is 1.46 bits per heavy atom. The van der Waals surface area contributed by atoms with E-state index in [0.29, 0.717) is 18.8 Å². The Bertz CT molecular complexity index is 313. The zero-order chi connectivity index (χ0) is 9.36. The van der Waals surface area contributed by atoms with Crippen molar-refractivity contribution >= 4 is 6.08 Å². The smallest absolute Gasteiger partial charge is 0.151 e. The van der Waals surface area contributed by atoms with Crippen LogP contribution in [0.2, 0.25) is 0 Å². The van der Waals surface area contributed by atoms with E-state index in [1.807, 2.05) is 6.08 Å². The highest BCUT2D eigenvalue weighted by atomic mass is 15.1.